The van der Waals surface area contributed by atoms with Gasteiger partial charge in [-0.3, -0.25) is 4.74 Å². The Kier molecular flexibility index (Phi) is 11.7. The lowest BCUT2D eigenvalue weighted by Crippen LogP contribution is -2.62. The lowest BCUT2D eigenvalue weighted by molar-refractivity contribution is -0.448. The molecule has 0 aromatic rings. The fourth-order valence-electron chi connectivity index (χ4n) is 3.17. The minimum absolute atomic E-state index is 0.0552. The van der Waals surface area contributed by atoms with E-state index in [9.17, 15) is 58.3 Å². The summed E-state index contributed by atoms with van der Waals surface area (Å²) in [6.45, 7) is 2.69. The molecule has 232 valence electrons. The Morgan fingerprint density at radius 3 is 1.70 bits per heavy atom. The highest BCUT2D eigenvalue weighted by atomic mass is 19.4. The van der Waals surface area contributed by atoms with E-state index < -0.39 is 67.5 Å². The lowest BCUT2D eigenvalue weighted by Gasteiger charge is -2.36. The van der Waals surface area contributed by atoms with Gasteiger partial charge in [-0.15, -0.1) is 0 Å². The van der Waals surface area contributed by atoms with E-state index in [4.69, 9.17) is 9.47 Å². The molecular weight excluding hydrogens is 580 g/mol. The van der Waals surface area contributed by atoms with E-state index in [2.05, 4.69) is 21.4 Å². The van der Waals surface area contributed by atoms with Crippen LogP contribution in [-0.2, 0) is 28.5 Å². The van der Waals surface area contributed by atoms with E-state index in [0.717, 1.165) is 0 Å². The first-order valence-electron chi connectivity index (χ1n) is 11.5. The van der Waals surface area contributed by atoms with Gasteiger partial charge in [-0.2, -0.15) is 39.5 Å². The molecule has 1 aliphatic carbocycles. The Morgan fingerprint density at radius 1 is 0.800 bits per heavy atom. The predicted octanol–water partition coefficient (Wildman–Crippen LogP) is 5.31. The van der Waals surface area contributed by atoms with Gasteiger partial charge in [-0.05, 0) is 51.4 Å². The molecule has 1 fully saturated rings. The average Bonchev–Trinajstić information content (AvgIpc) is 2.82. The van der Waals surface area contributed by atoms with Crippen molar-refractivity contribution in [3.05, 3.63) is 12.2 Å². The van der Waals surface area contributed by atoms with Crippen molar-refractivity contribution in [2.45, 2.75) is 69.5 Å². The molecule has 0 aliphatic heterocycles. The highest BCUT2D eigenvalue weighted by Crippen LogP contribution is 2.50. The molecule has 0 radical (unpaired) electrons. The topological polar surface area (TPSA) is 100 Å². The van der Waals surface area contributed by atoms with Crippen LogP contribution in [-0.4, -0.2) is 74.4 Å². The largest absolute Gasteiger partial charge is 0.461 e. The second kappa shape index (κ2) is 13.2. The van der Waals surface area contributed by atoms with Crippen molar-refractivity contribution in [2.24, 2.45) is 11.8 Å². The van der Waals surface area contributed by atoms with E-state index in [0.29, 0.717) is 0 Å². The molecule has 0 saturated heterocycles. The molecule has 1 rings (SSSR count). The zero-order valence-electron chi connectivity index (χ0n) is 21.2. The normalized spacial score (nSPS) is 21.4. The number of nitrogens with one attached hydrogen (secondary N) is 1. The van der Waals surface area contributed by atoms with Gasteiger partial charge in [0.1, 0.15) is 6.61 Å². The third-order valence-electron chi connectivity index (χ3n) is 5.79. The van der Waals surface area contributed by atoms with E-state index in [1.165, 1.54) is 6.92 Å². The van der Waals surface area contributed by atoms with Crippen molar-refractivity contribution >= 4 is 18.0 Å². The molecule has 2 unspecified atom stereocenters. The number of esters is 2. The Hall–Kier alpha value is -2.79. The Balaban J connectivity index is 2.58. The second-order valence-electron chi connectivity index (χ2n) is 9.14. The van der Waals surface area contributed by atoms with E-state index in [1.54, 1.807) is 0 Å². The smallest absolute Gasteiger partial charge is 0.460 e. The van der Waals surface area contributed by atoms with Crippen LogP contribution in [0.2, 0.25) is 0 Å². The summed E-state index contributed by atoms with van der Waals surface area (Å²) in [4.78, 5) is 34.6. The average molecular weight is 607 g/mol. The molecule has 0 aromatic carbocycles. The maximum Gasteiger partial charge on any atom is 0.460 e. The van der Waals surface area contributed by atoms with Gasteiger partial charge in [0.2, 0.25) is 0 Å². The van der Waals surface area contributed by atoms with Crippen LogP contribution in [0.1, 0.15) is 39.5 Å². The van der Waals surface area contributed by atoms with Crippen LogP contribution in [0.4, 0.5) is 48.7 Å². The Labute approximate surface area is 221 Å². The molecule has 1 amide bonds. The van der Waals surface area contributed by atoms with Crippen molar-refractivity contribution in [2.75, 3.05) is 26.4 Å². The van der Waals surface area contributed by atoms with Crippen LogP contribution in [0.15, 0.2) is 12.2 Å². The highest BCUT2D eigenvalue weighted by Gasteiger charge is 2.76. The van der Waals surface area contributed by atoms with Gasteiger partial charge in [-0.1, -0.05) is 6.58 Å². The van der Waals surface area contributed by atoms with Gasteiger partial charge < -0.3 is 19.5 Å². The summed E-state index contributed by atoms with van der Waals surface area (Å²) >= 11 is 0. The number of hydrogen-bond donors (Lipinski definition) is 1. The summed E-state index contributed by atoms with van der Waals surface area (Å²) < 4.78 is 149. The van der Waals surface area contributed by atoms with Gasteiger partial charge in [-0.25, -0.2) is 18.8 Å². The summed E-state index contributed by atoms with van der Waals surface area (Å²) in [5, 5.41) is 2.31. The molecule has 0 bridgehead atoms. The van der Waals surface area contributed by atoms with Gasteiger partial charge >= 0.3 is 42.3 Å². The monoisotopic (exact) mass is 607 g/mol. The fourth-order valence-corrected chi connectivity index (χ4v) is 3.17. The van der Waals surface area contributed by atoms with Crippen LogP contribution in [0.25, 0.3) is 0 Å². The van der Waals surface area contributed by atoms with E-state index in [1.807, 2.05) is 0 Å². The maximum atomic E-state index is 14.4. The number of carbonyl (C=O) groups is 3. The number of amides is 1. The number of alkyl carbamates (subject to hydrolysis) is 1. The molecule has 0 heterocycles. The number of hydrogen-bond acceptors (Lipinski definition) is 7. The summed E-state index contributed by atoms with van der Waals surface area (Å²) in [6.07, 6.45) is -19.6. The summed E-state index contributed by atoms with van der Waals surface area (Å²) in [5.41, 5.74) is -5.63. The van der Waals surface area contributed by atoms with E-state index in [-0.39, 0.29) is 56.9 Å². The summed E-state index contributed by atoms with van der Waals surface area (Å²) in [7, 11) is 0. The number of alkyl halides is 10. The van der Waals surface area contributed by atoms with Gasteiger partial charge in [0.25, 0.3) is 5.67 Å². The first-order valence-corrected chi connectivity index (χ1v) is 11.5. The zero-order valence-corrected chi connectivity index (χ0v) is 21.2. The molecule has 1 saturated carbocycles. The van der Waals surface area contributed by atoms with Crippen molar-refractivity contribution in [3.8, 4) is 0 Å². The van der Waals surface area contributed by atoms with Crippen LogP contribution in [0, 0.1) is 11.8 Å². The number of ether oxygens (including phenoxy) is 4. The number of carbonyl (C=O) groups excluding carboxylic acids is 3. The Morgan fingerprint density at radius 2 is 1.27 bits per heavy atom. The molecule has 18 heteroatoms. The molecule has 40 heavy (non-hydrogen) atoms. The van der Waals surface area contributed by atoms with Crippen LogP contribution >= 0.6 is 0 Å². The molecule has 1 aliphatic rings. The van der Waals surface area contributed by atoms with Crippen molar-refractivity contribution in [3.63, 3.8) is 0 Å². The number of rotatable bonds is 12. The predicted molar refractivity (Wildman–Crippen MR) is 113 cm³/mol. The summed E-state index contributed by atoms with van der Waals surface area (Å²) in [5.74, 6) is -10.8. The van der Waals surface area contributed by atoms with Crippen LogP contribution < -0.4 is 5.32 Å². The lowest BCUT2D eigenvalue weighted by atomic mass is 9.83. The molecule has 8 nitrogen and oxygen atoms in total. The van der Waals surface area contributed by atoms with Gasteiger partial charge in [0.15, 0.2) is 0 Å². The summed E-state index contributed by atoms with van der Waals surface area (Å²) in [6, 6.07) is 0. The second-order valence-corrected chi connectivity index (χ2v) is 9.14. The Bertz CT molecular complexity index is 915. The quantitative estimate of drug-likeness (QED) is 0.106. The fraction of sp³-hybridized carbons (Fsp3) is 0.773. The van der Waals surface area contributed by atoms with Crippen LogP contribution in [0.3, 0.4) is 0 Å². The van der Waals surface area contributed by atoms with Crippen molar-refractivity contribution < 1.29 is 77.2 Å². The van der Waals surface area contributed by atoms with Gasteiger partial charge in [0, 0.05) is 5.57 Å². The van der Waals surface area contributed by atoms with E-state index >= 15 is 0 Å². The van der Waals surface area contributed by atoms with Crippen LogP contribution in [0.5, 0.6) is 0 Å². The minimum Gasteiger partial charge on any atom is -0.461 e. The molecule has 1 N–H and O–H groups in total. The highest BCUT2D eigenvalue weighted by molar-refractivity contribution is 5.86. The molecule has 2 atom stereocenters. The van der Waals surface area contributed by atoms with Crippen molar-refractivity contribution in [1.29, 1.82) is 0 Å². The SMILES string of the molecule is C=C(C)C(=O)OCCNC(=O)OCC1CCC(COC(=O)C(F)(OC(F)(F)C(C)(F)C(F)(F)F)C(F)(F)F)CC1. The maximum absolute atomic E-state index is 14.4. The third-order valence-corrected chi connectivity index (χ3v) is 5.79. The standard InChI is InChI=1S/C22H27F10NO7/c1-12(2)15(34)37-9-8-33-17(36)39-11-14-6-4-13(5-7-14)10-38-16(35)19(24,21(28,29)30)40-22(31,32)18(3,23)20(25,26)27/h13-14H,1,4-11H2,2-3H3,(H,33,36). The first-order chi connectivity index (χ1) is 18.0. The molecular formula is C22H27F10NO7. The van der Waals surface area contributed by atoms with Crippen molar-refractivity contribution in [1.82, 2.24) is 5.32 Å². The number of halogens is 10. The first kappa shape index (κ1) is 35.2. The third kappa shape index (κ3) is 9.12. The molecule has 0 spiro atoms. The minimum atomic E-state index is -6.66. The van der Waals surface area contributed by atoms with Gasteiger partial charge in [0.05, 0.1) is 19.8 Å². The zero-order chi connectivity index (χ0) is 31.2. The molecule has 0 aromatic heterocycles.